The van der Waals surface area contributed by atoms with E-state index in [2.05, 4.69) is 23.7 Å². The van der Waals surface area contributed by atoms with Crippen LogP contribution in [0.1, 0.15) is 29.7 Å². The highest BCUT2D eigenvalue weighted by atomic mass is 32.1. The highest BCUT2D eigenvalue weighted by Gasteiger charge is 2.45. The number of carbonyl (C=O) groups excluding carboxylic acids is 1. The molecule has 0 saturated heterocycles. The molecule has 1 amide bonds. The molecule has 0 bridgehead atoms. The zero-order valence-corrected chi connectivity index (χ0v) is 10.4. The summed E-state index contributed by atoms with van der Waals surface area (Å²) in [7, 11) is 0. The number of carbonyl (C=O) groups is 1. The normalized spacial score (nSPS) is 25.2. The second-order valence-corrected chi connectivity index (χ2v) is 5.46. The van der Waals surface area contributed by atoms with Crippen molar-refractivity contribution < 1.29 is 9.90 Å². The van der Waals surface area contributed by atoms with Gasteiger partial charge in [0.15, 0.2) is 0 Å². The molecule has 16 heavy (non-hydrogen) atoms. The minimum absolute atomic E-state index is 0.0821. The highest BCUT2D eigenvalue weighted by molar-refractivity contribution is 7.10. The Morgan fingerprint density at radius 1 is 1.75 bits per heavy atom. The largest absolute Gasteiger partial charge is 0.392 e. The van der Waals surface area contributed by atoms with Gasteiger partial charge in [0.05, 0.1) is 6.10 Å². The van der Waals surface area contributed by atoms with Crippen molar-refractivity contribution in [2.45, 2.75) is 32.3 Å². The van der Waals surface area contributed by atoms with Gasteiger partial charge in [0.25, 0.3) is 0 Å². The molecule has 1 aromatic rings. The van der Waals surface area contributed by atoms with Gasteiger partial charge in [-0.25, -0.2) is 0 Å². The molecule has 1 saturated carbocycles. The molecule has 4 heteroatoms. The molecule has 1 heterocycles. The number of aryl methyl sites for hydroxylation is 1. The summed E-state index contributed by atoms with van der Waals surface area (Å²) < 4.78 is 0. The van der Waals surface area contributed by atoms with Gasteiger partial charge in [0, 0.05) is 23.3 Å². The molecule has 0 spiro atoms. The first-order valence-corrected chi connectivity index (χ1v) is 6.47. The maximum Gasteiger partial charge on any atom is 0.223 e. The van der Waals surface area contributed by atoms with Crippen LogP contribution in [0.25, 0.3) is 0 Å². The van der Waals surface area contributed by atoms with Crippen molar-refractivity contribution >= 4 is 17.2 Å². The summed E-state index contributed by atoms with van der Waals surface area (Å²) in [5.41, 5.74) is 1.29. The van der Waals surface area contributed by atoms with E-state index in [1.165, 1.54) is 10.4 Å². The molecule has 3 atom stereocenters. The number of nitrogens with one attached hydrogen (secondary N) is 1. The first-order chi connectivity index (χ1) is 7.59. The zero-order valence-electron chi connectivity index (χ0n) is 9.56. The Morgan fingerprint density at radius 3 is 3.06 bits per heavy atom. The van der Waals surface area contributed by atoms with E-state index in [1.54, 1.807) is 18.3 Å². The third-order valence-corrected chi connectivity index (χ3v) is 4.09. The number of aliphatic hydroxyl groups is 1. The van der Waals surface area contributed by atoms with Crippen LogP contribution in [0.3, 0.4) is 0 Å². The van der Waals surface area contributed by atoms with Crippen molar-refractivity contribution in [1.29, 1.82) is 0 Å². The quantitative estimate of drug-likeness (QED) is 0.839. The van der Waals surface area contributed by atoms with Crippen molar-refractivity contribution in [3.8, 4) is 0 Å². The number of thiophene rings is 1. The van der Waals surface area contributed by atoms with Gasteiger partial charge in [0.2, 0.25) is 5.91 Å². The lowest BCUT2D eigenvalue weighted by Gasteiger charge is -2.06. The lowest BCUT2D eigenvalue weighted by molar-refractivity contribution is -0.122. The van der Waals surface area contributed by atoms with Crippen molar-refractivity contribution in [2.75, 3.05) is 6.54 Å². The van der Waals surface area contributed by atoms with Gasteiger partial charge in [-0.15, -0.1) is 11.3 Å². The minimum atomic E-state index is -0.468. The molecular formula is C12H17NO2S. The number of hydrogen-bond acceptors (Lipinski definition) is 3. The molecule has 1 fully saturated rings. The van der Waals surface area contributed by atoms with Crippen molar-refractivity contribution in [3.63, 3.8) is 0 Å². The first-order valence-electron chi connectivity index (χ1n) is 5.59. The Bertz CT molecular complexity index is 386. The average molecular weight is 239 g/mol. The van der Waals surface area contributed by atoms with Crippen LogP contribution in [0.5, 0.6) is 0 Å². The summed E-state index contributed by atoms with van der Waals surface area (Å²) in [4.78, 5) is 13.1. The Balaban J connectivity index is 1.87. The van der Waals surface area contributed by atoms with E-state index >= 15 is 0 Å². The van der Waals surface area contributed by atoms with Crippen LogP contribution in [-0.4, -0.2) is 23.7 Å². The van der Waals surface area contributed by atoms with Crippen LogP contribution < -0.4 is 5.32 Å². The van der Waals surface area contributed by atoms with E-state index in [-0.39, 0.29) is 11.8 Å². The fourth-order valence-corrected chi connectivity index (χ4v) is 3.03. The fraction of sp³-hybridized carbons (Fsp3) is 0.583. The predicted octanol–water partition coefficient (Wildman–Crippen LogP) is 1.66. The molecule has 0 aromatic carbocycles. The molecule has 3 nitrogen and oxygen atoms in total. The number of hydrogen-bond donors (Lipinski definition) is 2. The van der Waals surface area contributed by atoms with Gasteiger partial charge < -0.3 is 10.4 Å². The van der Waals surface area contributed by atoms with Gasteiger partial charge in [-0.2, -0.15) is 0 Å². The van der Waals surface area contributed by atoms with Gasteiger partial charge in [-0.1, -0.05) is 0 Å². The molecule has 2 N–H and O–H groups in total. The molecule has 2 rings (SSSR count). The Hall–Kier alpha value is -0.870. The lowest BCUT2D eigenvalue weighted by atomic mass is 10.2. The summed E-state index contributed by atoms with van der Waals surface area (Å²) in [5.74, 6) is 0.615. The summed E-state index contributed by atoms with van der Waals surface area (Å²) in [6, 6.07) is 2.10. The summed E-state index contributed by atoms with van der Waals surface area (Å²) in [5, 5.41) is 13.9. The molecule has 88 valence electrons. The SMILES string of the molecule is Cc1ccsc1C1CC1C(=O)NCC(C)O. The number of rotatable bonds is 4. The minimum Gasteiger partial charge on any atom is -0.392 e. The van der Waals surface area contributed by atoms with Crippen LogP contribution in [0.15, 0.2) is 11.4 Å². The van der Waals surface area contributed by atoms with E-state index in [1.807, 2.05) is 0 Å². The fourth-order valence-electron chi connectivity index (χ4n) is 1.92. The monoisotopic (exact) mass is 239 g/mol. The summed E-state index contributed by atoms with van der Waals surface area (Å²) in [6.07, 6.45) is 0.483. The van der Waals surface area contributed by atoms with Gasteiger partial charge in [-0.05, 0) is 37.3 Å². The van der Waals surface area contributed by atoms with Crippen LogP contribution in [-0.2, 0) is 4.79 Å². The smallest absolute Gasteiger partial charge is 0.223 e. The maximum absolute atomic E-state index is 11.7. The van der Waals surface area contributed by atoms with Gasteiger partial charge in [-0.3, -0.25) is 4.79 Å². The molecule has 1 aliphatic rings. The number of aliphatic hydroxyl groups excluding tert-OH is 1. The van der Waals surface area contributed by atoms with E-state index in [0.29, 0.717) is 12.5 Å². The average Bonchev–Trinajstić information content (AvgIpc) is 2.91. The van der Waals surface area contributed by atoms with E-state index < -0.39 is 6.10 Å². The molecule has 0 radical (unpaired) electrons. The van der Waals surface area contributed by atoms with E-state index in [9.17, 15) is 4.79 Å². The van der Waals surface area contributed by atoms with Crippen LogP contribution in [0.4, 0.5) is 0 Å². The predicted molar refractivity (Wildman–Crippen MR) is 64.6 cm³/mol. The first kappa shape index (κ1) is 11.6. The van der Waals surface area contributed by atoms with Crippen molar-refractivity contribution in [2.24, 2.45) is 5.92 Å². The second kappa shape index (κ2) is 4.55. The zero-order chi connectivity index (χ0) is 11.7. The molecule has 1 aromatic heterocycles. The van der Waals surface area contributed by atoms with Crippen LogP contribution >= 0.6 is 11.3 Å². The Kier molecular flexibility index (Phi) is 3.30. The van der Waals surface area contributed by atoms with Crippen LogP contribution in [0.2, 0.25) is 0 Å². The summed E-state index contributed by atoms with van der Waals surface area (Å²) >= 11 is 1.74. The standard InChI is InChI=1S/C12H17NO2S/c1-7-3-4-16-11(7)9-5-10(9)12(15)13-6-8(2)14/h3-4,8-10,14H,5-6H2,1-2H3,(H,13,15). The third-order valence-electron chi connectivity index (χ3n) is 2.94. The maximum atomic E-state index is 11.7. The Labute approximate surface area is 99.5 Å². The van der Waals surface area contributed by atoms with E-state index in [4.69, 9.17) is 5.11 Å². The number of amides is 1. The molecule has 3 unspecified atom stereocenters. The highest BCUT2D eigenvalue weighted by Crippen LogP contribution is 2.50. The Morgan fingerprint density at radius 2 is 2.50 bits per heavy atom. The van der Waals surface area contributed by atoms with E-state index in [0.717, 1.165) is 6.42 Å². The van der Waals surface area contributed by atoms with Crippen molar-refractivity contribution in [1.82, 2.24) is 5.32 Å². The van der Waals surface area contributed by atoms with Gasteiger partial charge >= 0.3 is 0 Å². The topological polar surface area (TPSA) is 49.3 Å². The summed E-state index contributed by atoms with van der Waals surface area (Å²) in [6.45, 7) is 4.12. The van der Waals surface area contributed by atoms with Crippen LogP contribution in [0, 0.1) is 12.8 Å². The molecule has 1 aliphatic carbocycles. The molecule has 0 aliphatic heterocycles. The second-order valence-electron chi connectivity index (χ2n) is 4.51. The van der Waals surface area contributed by atoms with Crippen molar-refractivity contribution in [3.05, 3.63) is 21.9 Å². The lowest BCUT2D eigenvalue weighted by Crippen LogP contribution is -2.31. The third kappa shape index (κ3) is 2.44. The molecular weight excluding hydrogens is 222 g/mol. The van der Waals surface area contributed by atoms with Gasteiger partial charge in [0.1, 0.15) is 0 Å².